The smallest absolute Gasteiger partial charge is 0.318 e. The Kier molecular flexibility index (Phi) is 5.79. The normalized spacial score (nSPS) is 18.7. The monoisotopic (exact) mass is 420 g/mol. The molecule has 2 aliphatic rings. The van der Waals surface area contributed by atoms with Gasteiger partial charge in [0.05, 0.1) is 35.5 Å². The minimum Gasteiger partial charge on any atom is -0.381 e. The van der Waals surface area contributed by atoms with Crippen molar-refractivity contribution in [3.05, 3.63) is 52.8 Å². The average molecular weight is 421 g/mol. The molecule has 31 heavy (non-hydrogen) atoms. The third-order valence-corrected chi connectivity index (χ3v) is 6.19. The number of anilines is 1. The fourth-order valence-electron chi connectivity index (χ4n) is 4.15. The summed E-state index contributed by atoms with van der Waals surface area (Å²) in [6.45, 7) is 7.89. The van der Waals surface area contributed by atoms with Crippen molar-refractivity contribution in [3.63, 3.8) is 0 Å². The summed E-state index contributed by atoms with van der Waals surface area (Å²) < 4.78 is 5.41. The van der Waals surface area contributed by atoms with Crippen LogP contribution in [0.5, 0.6) is 0 Å². The summed E-state index contributed by atoms with van der Waals surface area (Å²) in [5.74, 6) is 0.606. The van der Waals surface area contributed by atoms with Crippen LogP contribution in [0, 0.1) is 11.3 Å². The lowest BCUT2D eigenvalue weighted by Crippen LogP contribution is -2.46. The maximum Gasteiger partial charge on any atom is 0.318 e. The Labute approximate surface area is 182 Å². The highest BCUT2D eigenvalue weighted by atomic mass is 16.5. The van der Waals surface area contributed by atoms with Gasteiger partial charge in [-0.1, -0.05) is 12.1 Å². The van der Waals surface area contributed by atoms with Crippen LogP contribution in [0.1, 0.15) is 62.0 Å². The Balaban J connectivity index is 1.45. The molecule has 2 aliphatic heterocycles. The zero-order valence-electron chi connectivity index (χ0n) is 18.2. The van der Waals surface area contributed by atoms with Gasteiger partial charge in [0.2, 0.25) is 5.95 Å². The number of nitriles is 1. The van der Waals surface area contributed by atoms with Crippen LogP contribution in [0.2, 0.25) is 0 Å². The predicted molar refractivity (Wildman–Crippen MR) is 116 cm³/mol. The van der Waals surface area contributed by atoms with Crippen molar-refractivity contribution in [2.24, 2.45) is 0 Å². The van der Waals surface area contributed by atoms with Gasteiger partial charge in [0, 0.05) is 31.0 Å². The van der Waals surface area contributed by atoms with Crippen LogP contribution < -0.4 is 10.6 Å². The van der Waals surface area contributed by atoms with Crippen LogP contribution in [-0.2, 0) is 16.8 Å². The Hall–Kier alpha value is -3.18. The molecule has 162 valence electrons. The van der Waals surface area contributed by atoms with Gasteiger partial charge in [0.15, 0.2) is 0 Å². The number of rotatable bonds is 4. The number of nitrogens with zero attached hydrogens (tertiary/aromatic N) is 4. The first-order valence-electron chi connectivity index (χ1n) is 10.7. The SMILES string of the molecule is CC(NC(=O)N1Cc2nc(NC3CCOCC3)ncc2C1(C)C)c1ccc(C#N)cc1. The fraction of sp³-hybridized carbons (Fsp3) is 0.478. The molecule has 4 rings (SSSR count). The second-order valence-electron chi connectivity index (χ2n) is 8.64. The Morgan fingerprint density at radius 1 is 1.29 bits per heavy atom. The van der Waals surface area contributed by atoms with Gasteiger partial charge >= 0.3 is 6.03 Å². The van der Waals surface area contributed by atoms with Crippen molar-refractivity contribution >= 4 is 12.0 Å². The molecule has 1 atom stereocenters. The van der Waals surface area contributed by atoms with Crippen LogP contribution in [0.15, 0.2) is 30.5 Å². The van der Waals surface area contributed by atoms with Crippen LogP contribution in [-0.4, -0.2) is 40.2 Å². The van der Waals surface area contributed by atoms with E-state index >= 15 is 0 Å². The van der Waals surface area contributed by atoms with Crippen molar-refractivity contribution in [2.75, 3.05) is 18.5 Å². The molecule has 8 heteroatoms. The summed E-state index contributed by atoms with van der Waals surface area (Å²) in [4.78, 5) is 24.1. The number of hydrogen-bond acceptors (Lipinski definition) is 6. The molecule has 1 aromatic heterocycles. The van der Waals surface area contributed by atoms with Gasteiger partial charge in [-0.05, 0) is 51.3 Å². The summed E-state index contributed by atoms with van der Waals surface area (Å²) in [6.07, 6.45) is 3.71. The van der Waals surface area contributed by atoms with Crippen LogP contribution in [0.4, 0.5) is 10.7 Å². The minimum atomic E-state index is -0.513. The topological polar surface area (TPSA) is 103 Å². The lowest BCUT2D eigenvalue weighted by atomic mass is 9.97. The third-order valence-electron chi connectivity index (χ3n) is 6.19. The summed E-state index contributed by atoms with van der Waals surface area (Å²) in [6, 6.07) is 9.34. The Bertz CT molecular complexity index is 992. The zero-order valence-corrected chi connectivity index (χ0v) is 18.2. The van der Waals surface area contributed by atoms with Crippen LogP contribution in [0.3, 0.4) is 0 Å². The van der Waals surface area contributed by atoms with E-state index in [4.69, 9.17) is 15.0 Å². The number of amides is 2. The lowest BCUT2D eigenvalue weighted by Gasteiger charge is -2.33. The lowest BCUT2D eigenvalue weighted by molar-refractivity contribution is 0.0903. The summed E-state index contributed by atoms with van der Waals surface area (Å²) >= 11 is 0. The predicted octanol–water partition coefficient (Wildman–Crippen LogP) is 3.46. The molecule has 1 unspecified atom stereocenters. The minimum absolute atomic E-state index is 0.154. The molecule has 0 bridgehead atoms. The van der Waals surface area contributed by atoms with Crippen LogP contribution >= 0.6 is 0 Å². The number of aromatic nitrogens is 2. The van der Waals surface area contributed by atoms with E-state index in [1.807, 2.05) is 39.1 Å². The highest BCUT2D eigenvalue weighted by molar-refractivity contribution is 5.77. The highest BCUT2D eigenvalue weighted by Crippen LogP contribution is 2.38. The van der Waals surface area contributed by atoms with Crippen LogP contribution in [0.25, 0.3) is 0 Å². The van der Waals surface area contributed by atoms with Gasteiger partial charge < -0.3 is 20.3 Å². The standard InChI is InChI=1S/C23H28N6O2/c1-15(17-6-4-16(12-24)5-7-17)26-22(30)29-14-20-19(23(29,2)3)13-25-21(28-20)27-18-8-10-31-11-9-18/h4-7,13,15,18H,8-11,14H2,1-3H3,(H,26,30)(H,25,27,28). The van der Waals surface area contributed by atoms with Gasteiger partial charge in [-0.15, -0.1) is 0 Å². The molecule has 1 saturated heterocycles. The number of fused-ring (bicyclic) bond motifs is 1. The van der Waals surface area contributed by atoms with E-state index in [0.29, 0.717) is 24.1 Å². The Morgan fingerprint density at radius 3 is 2.68 bits per heavy atom. The summed E-state index contributed by atoms with van der Waals surface area (Å²) in [7, 11) is 0. The summed E-state index contributed by atoms with van der Waals surface area (Å²) in [5.41, 5.74) is 2.87. The number of hydrogen-bond donors (Lipinski definition) is 2. The fourth-order valence-corrected chi connectivity index (χ4v) is 4.15. The number of carbonyl (C=O) groups is 1. The van der Waals surface area contributed by atoms with Gasteiger partial charge in [0.25, 0.3) is 0 Å². The number of benzene rings is 1. The molecule has 0 spiro atoms. The molecule has 8 nitrogen and oxygen atoms in total. The zero-order chi connectivity index (χ0) is 22.0. The van der Waals surface area contributed by atoms with E-state index < -0.39 is 5.54 Å². The number of nitrogens with one attached hydrogen (secondary N) is 2. The molecule has 0 radical (unpaired) electrons. The molecule has 0 aliphatic carbocycles. The molecular weight excluding hydrogens is 392 g/mol. The molecule has 1 aromatic carbocycles. The van der Waals surface area contributed by atoms with E-state index in [2.05, 4.69) is 21.7 Å². The molecule has 2 N–H and O–H groups in total. The number of urea groups is 1. The Morgan fingerprint density at radius 2 is 2.00 bits per heavy atom. The second kappa shape index (κ2) is 8.52. The molecule has 3 heterocycles. The van der Waals surface area contributed by atoms with E-state index in [1.54, 1.807) is 17.0 Å². The first-order valence-corrected chi connectivity index (χ1v) is 10.7. The van der Waals surface area contributed by atoms with Gasteiger partial charge in [0.1, 0.15) is 0 Å². The van der Waals surface area contributed by atoms with E-state index in [0.717, 1.165) is 42.9 Å². The average Bonchev–Trinajstić information content (AvgIpc) is 3.04. The molecule has 0 saturated carbocycles. The highest BCUT2D eigenvalue weighted by Gasteiger charge is 2.42. The molecular formula is C23H28N6O2. The van der Waals surface area contributed by atoms with Crippen molar-refractivity contribution in [1.82, 2.24) is 20.2 Å². The van der Waals surface area contributed by atoms with E-state index in [9.17, 15) is 4.79 Å². The first-order chi connectivity index (χ1) is 14.9. The number of carbonyl (C=O) groups excluding carboxylic acids is 1. The quantitative estimate of drug-likeness (QED) is 0.785. The third kappa shape index (κ3) is 4.32. The maximum atomic E-state index is 13.1. The number of ether oxygens (including phenoxy) is 1. The van der Waals surface area contributed by atoms with E-state index in [-0.39, 0.29) is 12.1 Å². The van der Waals surface area contributed by atoms with Gasteiger partial charge in [-0.2, -0.15) is 5.26 Å². The van der Waals surface area contributed by atoms with E-state index in [1.165, 1.54) is 0 Å². The van der Waals surface area contributed by atoms with Crippen molar-refractivity contribution in [2.45, 2.75) is 57.8 Å². The van der Waals surface area contributed by atoms with Gasteiger partial charge in [-0.3, -0.25) is 0 Å². The van der Waals surface area contributed by atoms with Crippen molar-refractivity contribution in [1.29, 1.82) is 5.26 Å². The molecule has 2 aromatic rings. The molecule has 2 amide bonds. The largest absolute Gasteiger partial charge is 0.381 e. The maximum absolute atomic E-state index is 13.1. The van der Waals surface area contributed by atoms with Gasteiger partial charge in [-0.25, -0.2) is 14.8 Å². The second-order valence-corrected chi connectivity index (χ2v) is 8.64. The van der Waals surface area contributed by atoms with Crippen molar-refractivity contribution in [3.8, 4) is 6.07 Å². The summed E-state index contributed by atoms with van der Waals surface area (Å²) in [5, 5.41) is 15.4. The van der Waals surface area contributed by atoms with Crippen molar-refractivity contribution < 1.29 is 9.53 Å². The first kappa shape index (κ1) is 21.1. The molecule has 1 fully saturated rings.